The second kappa shape index (κ2) is 11.4. The highest BCUT2D eigenvalue weighted by atomic mass is 16.5. The molecule has 0 saturated heterocycles. The minimum atomic E-state index is -0.563. The fraction of sp³-hybridized carbons (Fsp3) is 0.333. The molecule has 1 atom stereocenters. The Morgan fingerprint density at radius 2 is 1.69 bits per heavy atom. The van der Waals surface area contributed by atoms with Crippen molar-refractivity contribution in [1.82, 2.24) is 4.90 Å². The van der Waals surface area contributed by atoms with Crippen LogP contribution in [-0.4, -0.2) is 31.1 Å². The first-order valence-electron chi connectivity index (χ1n) is 13.7. The number of methoxy groups -OCH3 is 1. The minimum absolute atomic E-state index is 0.129. The van der Waals surface area contributed by atoms with Crippen molar-refractivity contribution >= 4 is 16.9 Å². The Labute approximate surface area is 229 Å². The SMILES string of the molecule is CCCCCOc1cccc(C2c3c(oc4cc(C)c(C)cc4c3=O)C(=O)N2CCc2ccc(OC)cc2)c1. The van der Waals surface area contributed by atoms with Gasteiger partial charge in [0.15, 0.2) is 5.43 Å². The van der Waals surface area contributed by atoms with Crippen LogP contribution in [0.3, 0.4) is 0 Å². The van der Waals surface area contributed by atoms with Crippen LogP contribution in [0.25, 0.3) is 11.0 Å². The molecule has 2 heterocycles. The van der Waals surface area contributed by atoms with E-state index in [9.17, 15) is 9.59 Å². The zero-order valence-corrected chi connectivity index (χ0v) is 23.1. The van der Waals surface area contributed by atoms with Crippen molar-refractivity contribution in [2.75, 3.05) is 20.3 Å². The molecule has 39 heavy (non-hydrogen) atoms. The molecule has 1 unspecified atom stereocenters. The molecule has 4 aromatic rings. The van der Waals surface area contributed by atoms with Crippen LogP contribution in [0.5, 0.6) is 11.5 Å². The van der Waals surface area contributed by atoms with E-state index in [0.717, 1.165) is 53.0 Å². The molecule has 0 spiro atoms. The number of nitrogens with zero attached hydrogens (tertiary/aromatic N) is 1. The number of hydrogen-bond donors (Lipinski definition) is 0. The smallest absolute Gasteiger partial charge is 0.290 e. The fourth-order valence-corrected chi connectivity index (χ4v) is 5.21. The fourth-order valence-electron chi connectivity index (χ4n) is 5.21. The highest BCUT2D eigenvalue weighted by Crippen LogP contribution is 2.39. The third-order valence-corrected chi connectivity index (χ3v) is 7.57. The van der Waals surface area contributed by atoms with E-state index in [0.29, 0.717) is 36.1 Å². The number of carbonyl (C=O) groups is 1. The summed E-state index contributed by atoms with van der Waals surface area (Å²) in [5, 5.41) is 0.499. The van der Waals surface area contributed by atoms with E-state index in [2.05, 4.69) is 6.92 Å². The van der Waals surface area contributed by atoms with Gasteiger partial charge in [-0.1, -0.05) is 44.0 Å². The number of hydrogen-bond acceptors (Lipinski definition) is 5. The molecule has 5 rings (SSSR count). The molecular weight excluding hydrogens is 490 g/mol. The summed E-state index contributed by atoms with van der Waals surface area (Å²) in [7, 11) is 1.64. The summed E-state index contributed by atoms with van der Waals surface area (Å²) in [5.74, 6) is 1.38. The van der Waals surface area contributed by atoms with Gasteiger partial charge in [0.1, 0.15) is 17.1 Å². The van der Waals surface area contributed by atoms with Gasteiger partial charge in [-0.25, -0.2) is 0 Å². The number of benzene rings is 3. The number of ether oxygens (including phenoxy) is 2. The quantitative estimate of drug-likeness (QED) is 0.214. The largest absolute Gasteiger partial charge is 0.497 e. The molecule has 1 aliphatic rings. The van der Waals surface area contributed by atoms with Crippen molar-refractivity contribution in [3.63, 3.8) is 0 Å². The summed E-state index contributed by atoms with van der Waals surface area (Å²) >= 11 is 0. The number of aryl methyl sites for hydroxylation is 2. The van der Waals surface area contributed by atoms with E-state index in [1.807, 2.05) is 74.5 Å². The maximum atomic E-state index is 13.9. The van der Waals surface area contributed by atoms with Crippen molar-refractivity contribution in [2.24, 2.45) is 0 Å². The minimum Gasteiger partial charge on any atom is -0.497 e. The van der Waals surface area contributed by atoms with Gasteiger partial charge in [-0.15, -0.1) is 0 Å². The lowest BCUT2D eigenvalue weighted by atomic mass is 9.97. The third-order valence-electron chi connectivity index (χ3n) is 7.57. The second-order valence-electron chi connectivity index (χ2n) is 10.2. The molecule has 6 heteroatoms. The molecule has 1 aromatic heterocycles. The summed E-state index contributed by atoms with van der Waals surface area (Å²) in [6.07, 6.45) is 3.83. The predicted octanol–water partition coefficient (Wildman–Crippen LogP) is 6.78. The zero-order valence-electron chi connectivity index (χ0n) is 23.1. The number of carbonyl (C=O) groups excluding carboxylic acids is 1. The van der Waals surface area contributed by atoms with Gasteiger partial charge >= 0.3 is 0 Å². The lowest BCUT2D eigenvalue weighted by Crippen LogP contribution is -2.31. The summed E-state index contributed by atoms with van der Waals surface area (Å²) in [5.41, 5.74) is 4.61. The first-order chi connectivity index (χ1) is 18.9. The van der Waals surface area contributed by atoms with Crippen LogP contribution >= 0.6 is 0 Å². The van der Waals surface area contributed by atoms with Gasteiger partial charge in [-0.2, -0.15) is 0 Å². The van der Waals surface area contributed by atoms with Crippen LogP contribution in [0.4, 0.5) is 0 Å². The topological polar surface area (TPSA) is 69.0 Å². The van der Waals surface area contributed by atoms with E-state index in [4.69, 9.17) is 13.9 Å². The van der Waals surface area contributed by atoms with Gasteiger partial charge in [0.05, 0.1) is 30.7 Å². The number of fused-ring (bicyclic) bond motifs is 2. The summed E-state index contributed by atoms with van der Waals surface area (Å²) in [4.78, 5) is 29.5. The lowest BCUT2D eigenvalue weighted by molar-refractivity contribution is 0.0729. The molecule has 0 aliphatic carbocycles. The first kappa shape index (κ1) is 26.5. The molecule has 0 bridgehead atoms. The molecule has 0 fully saturated rings. The maximum Gasteiger partial charge on any atom is 0.290 e. The van der Waals surface area contributed by atoms with Crippen LogP contribution in [0, 0.1) is 13.8 Å². The maximum absolute atomic E-state index is 13.9. The Bertz CT molecular complexity index is 1550. The number of unbranched alkanes of at least 4 members (excludes halogenated alkanes) is 2. The van der Waals surface area contributed by atoms with E-state index in [1.54, 1.807) is 12.0 Å². The summed E-state index contributed by atoms with van der Waals surface area (Å²) in [6.45, 7) is 7.16. The van der Waals surface area contributed by atoms with Gasteiger partial charge < -0.3 is 18.8 Å². The molecule has 0 radical (unpaired) electrons. The summed E-state index contributed by atoms with van der Waals surface area (Å²) < 4.78 is 17.5. The van der Waals surface area contributed by atoms with Gasteiger partial charge in [-0.3, -0.25) is 9.59 Å². The Hall–Kier alpha value is -4.06. The molecule has 1 amide bonds. The van der Waals surface area contributed by atoms with Crippen LogP contribution < -0.4 is 14.9 Å². The average molecular weight is 526 g/mol. The van der Waals surface area contributed by atoms with Gasteiger partial charge in [-0.05, 0) is 85.3 Å². The number of amides is 1. The standard InChI is InChI=1S/C33H35NO5/c1-5-6-7-17-38-26-10-8-9-24(20-26)30-29-31(35)27-18-21(2)22(3)19-28(27)39-32(29)33(36)34(30)16-15-23-11-13-25(37-4)14-12-23/h8-14,18-20,30H,5-7,15-17H2,1-4H3. The van der Waals surface area contributed by atoms with Crippen molar-refractivity contribution in [2.45, 2.75) is 52.5 Å². The van der Waals surface area contributed by atoms with Crippen LogP contribution in [0.15, 0.2) is 69.9 Å². The normalized spacial score (nSPS) is 14.6. The van der Waals surface area contributed by atoms with Crippen LogP contribution in [0.1, 0.15) is 70.6 Å². The number of rotatable bonds is 10. The Morgan fingerprint density at radius 3 is 2.44 bits per heavy atom. The van der Waals surface area contributed by atoms with E-state index in [1.165, 1.54) is 0 Å². The Balaban J connectivity index is 1.56. The second-order valence-corrected chi connectivity index (χ2v) is 10.2. The summed E-state index contributed by atoms with van der Waals surface area (Å²) in [6, 6.07) is 18.7. The lowest BCUT2D eigenvalue weighted by Gasteiger charge is -2.25. The Kier molecular flexibility index (Phi) is 7.73. The first-order valence-corrected chi connectivity index (χ1v) is 13.7. The van der Waals surface area contributed by atoms with Crippen molar-refractivity contribution < 1.29 is 18.7 Å². The van der Waals surface area contributed by atoms with Crippen molar-refractivity contribution in [3.05, 3.63) is 104 Å². The monoisotopic (exact) mass is 525 g/mol. The zero-order chi connectivity index (χ0) is 27.5. The van der Waals surface area contributed by atoms with Gasteiger partial charge in [0.2, 0.25) is 5.76 Å². The highest BCUT2D eigenvalue weighted by Gasteiger charge is 2.42. The van der Waals surface area contributed by atoms with E-state index in [-0.39, 0.29) is 17.1 Å². The molecule has 0 N–H and O–H groups in total. The molecular formula is C33H35NO5. The molecule has 6 nitrogen and oxygen atoms in total. The van der Waals surface area contributed by atoms with Crippen LogP contribution in [0.2, 0.25) is 0 Å². The van der Waals surface area contributed by atoms with Crippen LogP contribution in [-0.2, 0) is 6.42 Å². The predicted molar refractivity (Wildman–Crippen MR) is 153 cm³/mol. The third kappa shape index (κ3) is 5.29. The van der Waals surface area contributed by atoms with Crippen molar-refractivity contribution in [3.8, 4) is 11.5 Å². The average Bonchev–Trinajstić information content (AvgIpc) is 3.23. The van der Waals surface area contributed by atoms with Gasteiger partial charge in [0.25, 0.3) is 5.91 Å². The highest BCUT2D eigenvalue weighted by molar-refractivity contribution is 5.99. The van der Waals surface area contributed by atoms with E-state index < -0.39 is 6.04 Å². The molecule has 3 aromatic carbocycles. The molecule has 1 aliphatic heterocycles. The Morgan fingerprint density at radius 1 is 0.923 bits per heavy atom. The molecule has 202 valence electrons. The van der Waals surface area contributed by atoms with E-state index >= 15 is 0 Å². The molecule has 0 saturated carbocycles. The van der Waals surface area contributed by atoms with Gasteiger partial charge in [0, 0.05) is 6.54 Å². The van der Waals surface area contributed by atoms with Crippen molar-refractivity contribution in [1.29, 1.82) is 0 Å².